The van der Waals surface area contributed by atoms with Crippen molar-refractivity contribution in [1.82, 2.24) is 10.0 Å². The van der Waals surface area contributed by atoms with Crippen LogP contribution in [0.3, 0.4) is 0 Å². The van der Waals surface area contributed by atoms with Gasteiger partial charge in [0.1, 0.15) is 6.54 Å². The van der Waals surface area contributed by atoms with Gasteiger partial charge in [-0.2, -0.15) is 13.2 Å². The Kier molecular flexibility index (Phi) is 5.54. The van der Waals surface area contributed by atoms with Gasteiger partial charge < -0.3 is 5.32 Å². The highest BCUT2D eigenvalue weighted by Crippen LogP contribution is 2.13. The average Bonchev–Trinajstić information content (AvgIpc) is 2.10. The quantitative estimate of drug-likeness (QED) is 0.718. The lowest BCUT2D eigenvalue weighted by molar-refractivity contribution is -0.121. The molecule has 0 saturated carbocycles. The molecule has 1 atom stereocenters. The Morgan fingerprint density at radius 2 is 1.87 bits per heavy atom. The van der Waals surface area contributed by atoms with Crippen molar-refractivity contribution >= 4 is 10.0 Å². The van der Waals surface area contributed by atoms with E-state index in [1.165, 1.54) is 11.6 Å². The number of sulfonamides is 1. The van der Waals surface area contributed by atoms with E-state index in [1.807, 2.05) is 0 Å². The Balaban J connectivity index is 4.18. The van der Waals surface area contributed by atoms with Crippen LogP contribution in [0.5, 0.6) is 0 Å². The van der Waals surface area contributed by atoms with E-state index >= 15 is 0 Å². The average molecular weight is 248 g/mol. The van der Waals surface area contributed by atoms with Gasteiger partial charge in [-0.05, 0) is 13.5 Å². The zero-order valence-corrected chi connectivity index (χ0v) is 9.37. The number of nitrogens with one attached hydrogen (secondary N) is 2. The van der Waals surface area contributed by atoms with Gasteiger partial charge in [0.05, 0.1) is 5.25 Å². The SMILES string of the molecule is CCNCC(C)S(=O)(=O)NCC(F)(F)F. The molecule has 92 valence electrons. The van der Waals surface area contributed by atoms with Crippen LogP contribution < -0.4 is 10.0 Å². The third kappa shape index (κ3) is 6.69. The molecule has 15 heavy (non-hydrogen) atoms. The van der Waals surface area contributed by atoms with Crippen molar-refractivity contribution < 1.29 is 21.6 Å². The molecule has 0 aliphatic carbocycles. The zero-order valence-electron chi connectivity index (χ0n) is 8.56. The second kappa shape index (κ2) is 5.66. The lowest BCUT2D eigenvalue weighted by atomic mass is 10.5. The lowest BCUT2D eigenvalue weighted by Crippen LogP contribution is -2.42. The maximum absolute atomic E-state index is 11.8. The van der Waals surface area contributed by atoms with Crippen LogP contribution >= 0.6 is 0 Å². The molecule has 0 aliphatic heterocycles. The summed E-state index contributed by atoms with van der Waals surface area (Å²) in [6.07, 6.45) is -4.52. The van der Waals surface area contributed by atoms with E-state index in [1.54, 1.807) is 6.92 Å². The molecule has 1 unspecified atom stereocenters. The van der Waals surface area contributed by atoms with Crippen LogP contribution in [-0.2, 0) is 10.0 Å². The summed E-state index contributed by atoms with van der Waals surface area (Å²) >= 11 is 0. The molecule has 0 bridgehead atoms. The van der Waals surface area contributed by atoms with Gasteiger partial charge in [-0.15, -0.1) is 0 Å². The molecule has 0 aromatic heterocycles. The highest BCUT2D eigenvalue weighted by Gasteiger charge is 2.31. The van der Waals surface area contributed by atoms with Crippen LogP contribution in [0.1, 0.15) is 13.8 Å². The summed E-state index contributed by atoms with van der Waals surface area (Å²) in [5.41, 5.74) is 0. The number of halogens is 3. The summed E-state index contributed by atoms with van der Waals surface area (Å²) < 4.78 is 59.3. The fraction of sp³-hybridized carbons (Fsp3) is 1.00. The first kappa shape index (κ1) is 14.7. The fourth-order valence-electron chi connectivity index (χ4n) is 0.782. The van der Waals surface area contributed by atoms with Crippen molar-refractivity contribution in [2.45, 2.75) is 25.3 Å². The minimum Gasteiger partial charge on any atom is -0.316 e. The highest BCUT2D eigenvalue weighted by molar-refractivity contribution is 7.90. The Hall–Kier alpha value is -0.340. The summed E-state index contributed by atoms with van der Waals surface area (Å²) in [6.45, 7) is 2.30. The first-order valence-corrected chi connectivity index (χ1v) is 5.99. The lowest BCUT2D eigenvalue weighted by Gasteiger charge is -2.15. The minimum atomic E-state index is -4.52. The Morgan fingerprint density at radius 1 is 1.33 bits per heavy atom. The maximum Gasteiger partial charge on any atom is 0.402 e. The Bertz CT molecular complexity index is 276. The molecule has 2 N–H and O–H groups in total. The zero-order chi connectivity index (χ0) is 12.1. The van der Waals surface area contributed by atoms with E-state index in [0.29, 0.717) is 6.54 Å². The van der Waals surface area contributed by atoms with Gasteiger partial charge in [0.2, 0.25) is 10.0 Å². The minimum absolute atomic E-state index is 0.129. The molecule has 8 heteroatoms. The van der Waals surface area contributed by atoms with E-state index in [9.17, 15) is 21.6 Å². The van der Waals surface area contributed by atoms with Crippen LogP contribution in [0.25, 0.3) is 0 Å². The Morgan fingerprint density at radius 3 is 2.27 bits per heavy atom. The van der Waals surface area contributed by atoms with Gasteiger partial charge in [-0.25, -0.2) is 13.1 Å². The molecule has 0 aromatic carbocycles. The Labute approximate surface area is 87.3 Å². The molecule has 4 nitrogen and oxygen atoms in total. The van der Waals surface area contributed by atoms with Gasteiger partial charge in [-0.3, -0.25) is 0 Å². The summed E-state index contributed by atoms with van der Waals surface area (Å²) in [5, 5.41) is 1.86. The first-order valence-electron chi connectivity index (χ1n) is 4.45. The molecule has 0 radical (unpaired) electrons. The predicted molar refractivity (Wildman–Crippen MR) is 51.0 cm³/mol. The summed E-state index contributed by atoms with van der Waals surface area (Å²) in [5.74, 6) is 0. The largest absolute Gasteiger partial charge is 0.402 e. The highest BCUT2D eigenvalue weighted by atomic mass is 32.2. The number of alkyl halides is 3. The topological polar surface area (TPSA) is 58.2 Å². The summed E-state index contributed by atoms with van der Waals surface area (Å²) in [6, 6.07) is 0. The van der Waals surface area contributed by atoms with E-state index in [2.05, 4.69) is 5.32 Å². The third-order valence-corrected chi connectivity index (χ3v) is 3.46. The molecule has 0 aromatic rings. The van der Waals surface area contributed by atoms with Crippen LogP contribution in [0.15, 0.2) is 0 Å². The maximum atomic E-state index is 11.8. The van der Waals surface area contributed by atoms with E-state index < -0.39 is 28.0 Å². The van der Waals surface area contributed by atoms with Crippen molar-refractivity contribution in [1.29, 1.82) is 0 Å². The molecule has 0 rings (SSSR count). The standard InChI is InChI=1S/C7H15F3N2O2S/c1-3-11-4-6(2)15(13,14)12-5-7(8,9)10/h6,11-12H,3-5H2,1-2H3. The van der Waals surface area contributed by atoms with Crippen LogP contribution in [0, 0.1) is 0 Å². The second-order valence-electron chi connectivity index (χ2n) is 3.10. The van der Waals surface area contributed by atoms with Crippen molar-refractivity contribution in [2.24, 2.45) is 0 Å². The number of rotatable bonds is 6. The van der Waals surface area contributed by atoms with E-state index in [-0.39, 0.29) is 6.54 Å². The molecule has 0 amide bonds. The van der Waals surface area contributed by atoms with Crippen molar-refractivity contribution in [2.75, 3.05) is 19.6 Å². The third-order valence-electron chi connectivity index (χ3n) is 1.69. The fourth-order valence-corrected chi connectivity index (χ4v) is 1.77. The van der Waals surface area contributed by atoms with E-state index in [4.69, 9.17) is 0 Å². The van der Waals surface area contributed by atoms with Gasteiger partial charge in [0.25, 0.3) is 0 Å². The molecule has 0 fully saturated rings. The summed E-state index contributed by atoms with van der Waals surface area (Å²) in [4.78, 5) is 0. The number of hydrogen-bond donors (Lipinski definition) is 2. The van der Waals surface area contributed by atoms with Crippen molar-refractivity contribution in [3.63, 3.8) is 0 Å². The van der Waals surface area contributed by atoms with Crippen molar-refractivity contribution in [3.05, 3.63) is 0 Å². The molecular weight excluding hydrogens is 233 g/mol. The monoisotopic (exact) mass is 248 g/mol. The normalized spacial score (nSPS) is 15.3. The van der Waals surface area contributed by atoms with Gasteiger partial charge in [0.15, 0.2) is 0 Å². The second-order valence-corrected chi connectivity index (χ2v) is 5.28. The van der Waals surface area contributed by atoms with Gasteiger partial charge >= 0.3 is 6.18 Å². The van der Waals surface area contributed by atoms with Gasteiger partial charge in [-0.1, -0.05) is 6.92 Å². The molecule has 0 aliphatic rings. The predicted octanol–water partition coefficient (Wildman–Crippen LogP) is 0.466. The summed E-state index contributed by atoms with van der Waals surface area (Å²) in [7, 11) is -3.90. The number of hydrogen-bond acceptors (Lipinski definition) is 3. The molecular formula is C7H15F3N2O2S. The van der Waals surface area contributed by atoms with Crippen LogP contribution in [0.2, 0.25) is 0 Å². The molecule has 0 saturated heterocycles. The molecule has 0 spiro atoms. The van der Waals surface area contributed by atoms with Crippen LogP contribution in [-0.4, -0.2) is 39.5 Å². The van der Waals surface area contributed by atoms with E-state index in [0.717, 1.165) is 0 Å². The van der Waals surface area contributed by atoms with Crippen molar-refractivity contribution in [3.8, 4) is 0 Å². The van der Waals surface area contributed by atoms with Gasteiger partial charge in [0, 0.05) is 6.54 Å². The smallest absolute Gasteiger partial charge is 0.316 e. The first-order chi connectivity index (χ1) is 6.69. The molecule has 0 heterocycles. The van der Waals surface area contributed by atoms with Crippen LogP contribution in [0.4, 0.5) is 13.2 Å².